The van der Waals surface area contributed by atoms with Crippen molar-refractivity contribution >= 4 is 23.0 Å². The molecule has 0 saturated heterocycles. The largest absolute Gasteiger partial charge is 0.495 e. The van der Waals surface area contributed by atoms with Crippen LogP contribution in [0.25, 0.3) is 0 Å². The summed E-state index contributed by atoms with van der Waals surface area (Å²) in [5.74, 6) is -0.110. The van der Waals surface area contributed by atoms with E-state index in [2.05, 4.69) is 5.32 Å². The zero-order chi connectivity index (χ0) is 15.4. The third kappa shape index (κ3) is 3.82. The van der Waals surface area contributed by atoms with E-state index in [0.29, 0.717) is 23.0 Å². The topological polar surface area (TPSA) is 64.4 Å². The Balaban J connectivity index is 2.12. The highest BCUT2D eigenvalue weighted by atomic mass is 35.5. The Labute approximate surface area is 125 Å². The molecule has 0 aliphatic carbocycles. The molecule has 0 saturated carbocycles. The average molecular weight is 311 g/mol. The van der Waals surface area contributed by atoms with E-state index < -0.39 is 10.7 Å². The lowest BCUT2D eigenvalue weighted by atomic mass is 10.2. The van der Waals surface area contributed by atoms with Gasteiger partial charge in [-0.15, -0.1) is 0 Å². The first kappa shape index (κ1) is 15.1. The van der Waals surface area contributed by atoms with Gasteiger partial charge in [0, 0.05) is 18.3 Å². The van der Waals surface area contributed by atoms with Crippen LogP contribution in [-0.4, -0.2) is 12.0 Å². The monoisotopic (exact) mass is 310 g/mol. The van der Waals surface area contributed by atoms with Crippen LogP contribution in [0.4, 0.5) is 15.8 Å². The lowest BCUT2D eigenvalue weighted by Gasteiger charge is -2.09. The van der Waals surface area contributed by atoms with Gasteiger partial charge >= 0.3 is 0 Å². The summed E-state index contributed by atoms with van der Waals surface area (Å²) in [4.78, 5) is 10.0. The molecule has 0 spiro atoms. The van der Waals surface area contributed by atoms with Crippen molar-refractivity contribution in [2.75, 3.05) is 12.4 Å². The minimum absolute atomic E-state index is 0.301. The number of halogens is 2. The number of non-ortho nitro benzene ring substituents is 1. The smallest absolute Gasteiger partial charge is 0.274 e. The second kappa shape index (κ2) is 6.41. The number of methoxy groups -OCH3 is 1. The molecule has 2 rings (SSSR count). The van der Waals surface area contributed by atoms with Gasteiger partial charge in [0.05, 0.1) is 23.1 Å². The van der Waals surface area contributed by atoms with Crippen molar-refractivity contribution in [3.8, 4) is 5.75 Å². The number of rotatable bonds is 5. The molecule has 0 amide bonds. The fraction of sp³-hybridized carbons (Fsp3) is 0.143. The third-order valence-electron chi connectivity index (χ3n) is 2.81. The van der Waals surface area contributed by atoms with Crippen LogP contribution < -0.4 is 10.1 Å². The molecule has 0 aromatic heterocycles. The van der Waals surface area contributed by atoms with Gasteiger partial charge in [-0.25, -0.2) is 4.39 Å². The van der Waals surface area contributed by atoms with Crippen molar-refractivity contribution < 1.29 is 14.1 Å². The molecular weight excluding hydrogens is 299 g/mol. The second-order valence-electron chi connectivity index (χ2n) is 4.28. The lowest BCUT2D eigenvalue weighted by molar-refractivity contribution is -0.385. The number of benzene rings is 2. The Morgan fingerprint density at radius 3 is 2.71 bits per heavy atom. The van der Waals surface area contributed by atoms with Gasteiger partial charge in [0.25, 0.3) is 5.69 Å². The molecule has 110 valence electrons. The van der Waals surface area contributed by atoms with Crippen LogP contribution >= 0.6 is 11.6 Å². The van der Waals surface area contributed by atoms with Gasteiger partial charge in [0.15, 0.2) is 0 Å². The summed E-state index contributed by atoms with van der Waals surface area (Å²) in [6.45, 7) is 0.352. The molecule has 0 radical (unpaired) electrons. The van der Waals surface area contributed by atoms with E-state index in [1.807, 2.05) is 0 Å². The fourth-order valence-electron chi connectivity index (χ4n) is 1.81. The Hall–Kier alpha value is -2.34. The molecule has 0 unspecified atom stereocenters. The fourth-order valence-corrected chi connectivity index (χ4v) is 2.09. The number of nitrogens with zero attached hydrogens (tertiary/aromatic N) is 1. The molecule has 21 heavy (non-hydrogen) atoms. The molecule has 7 heteroatoms. The molecule has 0 aliphatic rings. The van der Waals surface area contributed by atoms with Crippen LogP contribution in [0.2, 0.25) is 5.02 Å². The van der Waals surface area contributed by atoms with E-state index in [4.69, 9.17) is 16.3 Å². The minimum Gasteiger partial charge on any atom is -0.495 e. The highest BCUT2D eigenvalue weighted by molar-refractivity contribution is 6.32. The third-order valence-corrected chi connectivity index (χ3v) is 3.10. The summed E-state index contributed by atoms with van der Waals surface area (Å²) in [5, 5.41) is 14.1. The summed E-state index contributed by atoms with van der Waals surface area (Å²) in [6.07, 6.45) is 0. The number of hydrogen-bond acceptors (Lipinski definition) is 4. The molecule has 2 aromatic rings. The second-order valence-corrected chi connectivity index (χ2v) is 4.68. The zero-order valence-electron chi connectivity index (χ0n) is 11.1. The van der Waals surface area contributed by atoms with Gasteiger partial charge in [-0.2, -0.15) is 0 Å². The van der Waals surface area contributed by atoms with E-state index in [1.165, 1.54) is 19.2 Å². The maximum absolute atomic E-state index is 13.3. The number of anilines is 1. The van der Waals surface area contributed by atoms with Gasteiger partial charge in [0.1, 0.15) is 11.6 Å². The number of hydrogen-bond donors (Lipinski definition) is 1. The van der Waals surface area contributed by atoms with Gasteiger partial charge in [-0.05, 0) is 23.8 Å². The van der Waals surface area contributed by atoms with Crippen LogP contribution in [0.5, 0.6) is 5.75 Å². The van der Waals surface area contributed by atoms with Crippen LogP contribution in [0, 0.1) is 15.9 Å². The van der Waals surface area contributed by atoms with E-state index >= 15 is 0 Å². The van der Waals surface area contributed by atoms with Crippen molar-refractivity contribution in [2.45, 2.75) is 6.54 Å². The molecule has 0 heterocycles. The predicted molar refractivity (Wildman–Crippen MR) is 78.4 cm³/mol. The number of ether oxygens (including phenoxy) is 1. The van der Waals surface area contributed by atoms with Crippen molar-refractivity contribution in [1.29, 1.82) is 0 Å². The van der Waals surface area contributed by atoms with Gasteiger partial charge in [0.2, 0.25) is 0 Å². The first-order valence-corrected chi connectivity index (χ1v) is 6.38. The van der Waals surface area contributed by atoms with Crippen LogP contribution in [-0.2, 0) is 6.54 Å². The Kier molecular flexibility index (Phi) is 4.59. The average Bonchev–Trinajstić information content (AvgIpc) is 2.44. The number of nitrogens with one attached hydrogen (secondary N) is 1. The summed E-state index contributed by atoms with van der Waals surface area (Å²) >= 11 is 6.00. The van der Waals surface area contributed by atoms with Crippen LogP contribution in [0.15, 0.2) is 36.4 Å². The highest BCUT2D eigenvalue weighted by Crippen LogP contribution is 2.26. The minimum atomic E-state index is -0.667. The Morgan fingerprint density at radius 1 is 1.33 bits per heavy atom. The van der Waals surface area contributed by atoms with E-state index in [-0.39, 0.29) is 5.69 Å². The normalized spacial score (nSPS) is 10.2. The molecule has 0 bridgehead atoms. The quantitative estimate of drug-likeness (QED) is 0.669. The standard InChI is InChI=1S/C14H12ClFN2O3/c1-21-14-3-2-9(4-13(14)15)8-17-11-5-10(16)6-12(7-11)18(19)20/h2-7,17H,8H2,1H3. The van der Waals surface area contributed by atoms with Gasteiger partial charge < -0.3 is 10.1 Å². The maximum Gasteiger partial charge on any atom is 0.274 e. The van der Waals surface area contributed by atoms with E-state index in [0.717, 1.165) is 11.6 Å². The predicted octanol–water partition coefficient (Wildman–Crippen LogP) is 4.01. The molecule has 1 N–H and O–H groups in total. The molecule has 0 fully saturated rings. The molecule has 2 aromatic carbocycles. The molecule has 0 aliphatic heterocycles. The first-order chi connectivity index (χ1) is 9.99. The van der Waals surface area contributed by atoms with E-state index in [1.54, 1.807) is 18.2 Å². The highest BCUT2D eigenvalue weighted by Gasteiger charge is 2.10. The van der Waals surface area contributed by atoms with Crippen molar-refractivity contribution in [3.63, 3.8) is 0 Å². The van der Waals surface area contributed by atoms with Crippen molar-refractivity contribution in [2.24, 2.45) is 0 Å². The van der Waals surface area contributed by atoms with Crippen LogP contribution in [0.3, 0.4) is 0 Å². The molecular formula is C14H12ClFN2O3. The Morgan fingerprint density at radius 2 is 2.10 bits per heavy atom. The number of nitro groups is 1. The summed E-state index contributed by atoms with van der Waals surface area (Å²) in [7, 11) is 1.52. The maximum atomic E-state index is 13.3. The number of nitro benzene ring substituents is 1. The van der Waals surface area contributed by atoms with Crippen LogP contribution in [0.1, 0.15) is 5.56 Å². The van der Waals surface area contributed by atoms with Gasteiger partial charge in [-0.1, -0.05) is 17.7 Å². The summed E-state index contributed by atoms with van der Waals surface area (Å²) in [5.41, 5.74) is 0.867. The molecule has 0 atom stereocenters. The summed E-state index contributed by atoms with van der Waals surface area (Å²) < 4.78 is 18.3. The van der Waals surface area contributed by atoms with Crippen molar-refractivity contribution in [3.05, 3.63) is 62.9 Å². The van der Waals surface area contributed by atoms with Gasteiger partial charge in [-0.3, -0.25) is 10.1 Å². The Bertz CT molecular complexity index is 679. The first-order valence-electron chi connectivity index (χ1n) is 6.01. The lowest BCUT2D eigenvalue weighted by Crippen LogP contribution is -2.01. The SMILES string of the molecule is COc1ccc(CNc2cc(F)cc([N+](=O)[O-])c2)cc1Cl. The van der Waals surface area contributed by atoms with E-state index in [9.17, 15) is 14.5 Å². The summed E-state index contributed by atoms with van der Waals surface area (Å²) in [6, 6.07) is 8.56. The van der Waals surface area contributed by atoms with Crippen molar-refractivity contribution in [1.82, 2.24) is 0 Å². The zero-order valence-corrected chi connectivity index (χ0v) is 11.9. The molecule has 5 nitrogen and oxygen atoms in total.